The zero-order chi connectivity index (χ0) is 21.9. The van der Waals surface area contributed by atoms with E-state index < -0.39 is 12.2 Å². The summed E-state index contributed by atoms with van der Waals surface area (Å²) in [5.41, 5.74) is 0.953. The molecule has 1 saturated heterocycles. The van der Waals surface area contributed by atoms with E-state index in [4.69, 9.17) is 4.74 Å². The molecule has 1 aromatic rings. The van der Waals surface area contributed by atoms with E-state index in [1.807, 2.05) is 51.1 Å². The van der Waals surface area contributed by atoms with Gasteiger partial charge in [0.25, 0.3) is 5.91 Å². The number of nitriles is 1. The molecule has 2 amide bonds. The molecule has 0 radical (unpaired) electrons. The minimum absolute atomic E-state index is 0.177. The van der Waals surface area contributed by atoms with Crippen LogP contribution in [0.1, 0.15) is 52.0 Å². The van der Waals surface area contributed by atoms with Gasteiger partial charge < -0.3 is 15.4 Å². The summed E-state index contributed by atoms with van der Waals surface area (Å²) < 4.78 is 5.48. The van der Waals surface area contributed by atoms with Gasteiger partial charge in [-0.05, 0) is 43.8 Å². The fourth-order valence-corrected chi connectivity index (χ4v) is 3.76. The maximum absolute atomic E-state index is 13.0. The highest BCUT2D eigenvalue weighted by Gasteiger charge is 2.33. The second-order valence-corrected chi connectivity index (χ2v) is 8.18. The lowest BCUT2D eigenvalue weighted by atomic mass is 10.0. The molecular formula is C23H34N4O3. The average molecular weight is 415 g/mol. The zero-order valence-electron chi connectivity index (χ0n) is 18.3. The zero-order valence-corrected chi connectivity index (χ0v) is 18.3. The number of hydrogen-bond acceptors (Lipinski definition) is 5. The largest absolute Gasteiger partial charge is 0.436 e. The van der Waals surface area contributed by atoms with Crippen molar-refractivity contribution in [3.63, 3.8) is 0 Å². The Hall–Kier alpha value is -2.59. The van der Waals surface area contributed by atoms with Gasteiger partial charge >= 0.3 is 6.09 Å². The van der Waals surface area contributed by atoms with E-state index in [1.165, 1.54) is 0 Å². The van der Waals surface area contributed by atoms with E-state index in [0.29, 0.717) is 13.0 Å². The van der Waals surface area contributed by atoms with Crippen molar-refractivity contribution in [1.29, 1.82) is 5.26 Å². The number of ether oxygens (including phenoxy) is 1. The minimum Gasteiger partial charge on any atom is -0.436 e. The quantitative estimate of drug-likeness (QED) is 0.681. The molecule has 3 atom stereocenters. The van der Waals surface area contributed by atoms with Crippen LogP contribution in [0.5, 0.6) is 0 Å². The van der Waals surface area contributed by atoms with Gasteiger partial charge in [0.05, 0.1) is 12.1 Å². The number of amides is 2. The first-order valence-corrected chi connectivity index (χ1v) is 10.9. The van der Waals surface area contributed by atoms with Crippen molar-refractivity contribution < 1.29 is 14.3 Å². The Kier molecular flexibility index (Phi) is 9.62. The molecule has 0 aliphatic carbocycles. The summed E-state index contributed by atoms with van der Waals surface area (Å²) in [6.45, 7) is 7.94. The summed E-state index contributed by atoms with van der Waals surface area (Å²) in [6, 6.07) is 11.2. The van der Waals surface area contributed by atoms with Gasteiger partial charge in [-0.1, -0.05) is 57.5 Å². The van der Waals surface area contributed by atoms with E-state index in [-0.39, 0.29) is 23.9 Å². The number of likely N-dealkylation sites (N-methyl/N-ethyl adjacent to an activating group) is 1. The van der Waals surface area contributed by atoms with Crippen molar-refractivity contribution >= 4 is 12.0 Å². The summed E-state index contributed by atoms with van der Waals surface area (Å²) >= 11 is 0. The molecule has 3 unspecified atom stereocenters. The summed E-state index contributed by atoms with van der Waals surface area (Å²) in [5, 5.41) is 15.4. The molecule has 164 valence electrons. The molecule has 1 aliphatic heterocycles. The molecule has 1 aliphatic rings. The van der Waals surface area contributed by atoms with Gasteiger partial charge in [0.15, 0.2) is 6.10 Å². The monoisotopic (exact) mass is 414 g/mol. The molecule has 0 aromatic heterocycles. The third-order valence-electron chi connectivity index (χ3n) is 5.36. The summed E-state index contributed by atoms with van der Waals surface area (Å²) in [4.78, 5) is 27.4. The second-order valence-electron chi connectivity index (χ2n) is 8.18. The molecule has 1 fully saturated rings. The van der Waals surface area contributed by atoms with Gasteiger partial charge in [0.2, 0.25) is 0 Å². The van der Waals surface area contributed by atoms with Crippen molar-refractivity contribution in [2.45, 2.75) is 71.2 Å². The van der Waals surface area contributed by atoms with Crippen molar-refractivity contribution in [2.24, 2.45) is 5.92 Å². The van der Waals surface area contributed by atoms with Crippen LogP contribution in [0, 0.1) is 17.2 Å². The lowest BCUT2D eigenvalue weighted by Gasteiger charge is -2.30. The predicted molar refractivity (Wildman–Crippen MR) is 115 cm³/mol. The maximum atomic E-state index is 13.0. The normalized spacial score (nSPS) is 20.6. The lowest BCUT2D eigenvalue weighted by molar-refractivity contribution is -0.131. The summed E-state index contributed by atoms with van der Waals surface area (Å²) in [7, 11) is 0. The first-order valence-electron chi connectivity index (χ1n) is 10.9. The molecule has 0 saturated carbocycles. The number of rotatable bonds is 8. The van der Waals surface area contributed by atoms with E-state index in [2.05, 4.69) is 21.6 Å². The Labute approximate surface area is 179 Å². The highest BCUT2D eigenvalue weighted by Crippen LogP contribution is 2.18. The van der Waals surface area contributed by atoms with Crippen LogP contribution in [-0.4, -0.2) is 48.2 Å². The average Bonchev–Trinajstić information content (AvgIpc) is 2.93. The van der Waals surface area contributed by atoms with Crippen molar-refractivity contribution in [3.05, 3.63) is 35.9 Å². The fourth-order valence-electron chi connectivity index (χ4n) is 3.76. The lowest BCUT2D eigenvalue weighted by Crippen LogP contribution is -2.53. The Morgan fingerprint density at radius 3 is 2.63 bits per heavy atom. The Morgan fingerprint density at radius 2 is 2.00 bits per heavy atom. The molecule has 7 heteroatoms. The Bertz CT molecular complexity index is 717. The number of nitrogens with one attached hydrogen (secondary N) is 2. The number of likely N-dealkylation sites (tertiary alicyclic amines) is 1. The highest BCUT2D eigenvalue weighted by molar-refractivity contribution is 5.83. The standard InChI is InChI=1S/C23H34N4O3/c1-4-27-13-9-8-12-19(20(27)15-24)26-22(28)21(14-17(2)3)30-23(29)25-16-18-10-6-5-7-11-18/h5-7,10-11,17,19-21H,4,8-9,12-14,16H2,1-3H3,(H,25,29)(H,26,28). The third kappa shape index (κ3) is 7.34. The van der Waals surface area contributed by atoms with E-state index in [0.717, 1.165) is 37.9 Å². The fraction of sp³-hybridized carbons (Fsp3) is 0.609. The van der Waals surface area contributed by atoms with Crippen molar-refractivity contribution in [1.82, 2.24) is 15.5 Å². The second kappa shape index (κ2) is 12.2. The molecule has 2 N–H and O–H groups in total. The van der Waals surface area contributed by atoms with Gasteiger partial charge in [-0.3, -0.25) is 9.69 Å². The number of nitrogens with zero attached hydrogens (tertiary/aromatic N) is 2. The maximum Gasteiger partial charge on any atom is 0.408 e. The summed E-state index contributed by atoms with van der Waals surface area (Å²) in [5.74, 6) is -0.155. The Morgan fingerprint density at radius 1 is 1.27 bits per heavy atom. The minimum atomic E-state index is -0.890. The van der Waals surface area contributed by atoms with Crippen LogP contribution in [0.15, 0.2) is 30.3 Å². The number of carbonyl (C=O) groups excluding carboxylic acids is 2. The molecule has 1 heterocycles. The smallest absolute Gasteiger partial charge is 0.408 e. The van der Waals surface area contributed by atoms with Gasteiger partial charge in [0, 0.05) is 6.54 Å². The van der Waals surface area contributed by atoms with Crippen LogP contribution in [0.25, 0.3) is 0 Å². The number of alkyl carbamates (subject to hydrolysis) is 1. The van der Waals surface area contributed by atoms with Crippen LogP contribution in [-0.2, 0) is 16.1 Å². The topological polar surface area (TPSA) is 94.5 Å². The molecule has 2 rings (SSSR count). The Balaban J connectivity index is 1.99. The molecule has 0 spiro atoms. The molecule has 1 aromatic carbocycles. The van der Waals surface area contributed by atoms with E-state index in [1.54, 1.807) is 0 Å². The summed E-state index contributed by atoms with van der Waals surface area (Å²) in [6.07, 6.45) is 1.62. The van der Waals surface area contributed by atoms with Crippen molar-refractivity contribution in [3.8, 4) is 6.07 Å². The molecule has 30 heavy (non-hydrogen) atoms. The van der Waals surface area contributed by atoms with Crippen LogP contribution in [0.4, 0.5) is 4.79 Å². The van der Waals surface area contributed by atoms with Crippen molar-refractivity contribution in [2.75, 3.05) is 13.1 Å². The van der Waals surface area contributed by atoms with Crippen LogP contribution in [0.2, 0.25) is 0 Å². The number of hydrogen-bond donors (Lipinski definition) is 2. The predicted octanol–water partition coefficient (Wildman–Crippen LogP) is 3.21. The first kappa shape index (κ1) is 23.7. The van der Waals surface area contributed by atoms with Gasteiger partial charge in [0.1, 0.15) is 6.04 Å². The first-order chi connectivity index (χ1) is 14.4. The van der Waals surface area contributed by atoms with Crippen LogP contribution < -0.4 is 10.6 Å². The molecular weight excluding hydrogens is 380 g/mol. The highest BCUT2D eigenvalue weighted by atomic mass is 16.6. The van der Waals surface area contributed by atoms with Crippen LogP contribution >= 0.6 is 0 Å². The van der Waals surface area contributed by atoms with Gasteiger partial charge in [-0.15, -0.1) is 0 Å². The van der Waals surface area contributed by atoms with Gasteiger partial charge in [-0.2, -0.15) is 5.26 Å². The number of carbonyl (C=O) groups is 2. The third-order valence-corrected chi connectivity index (χ3v) is 5.36. The van der Waals surface area contributed by atoms with Crippen LogP contribution in [0.3, 0.4) is 0 Å². The molecule has 0 bridgehead atoms. The van der Waals surface area contributed by atoms with E-state index >= 15 is 0 Å². The van der Waals surface area contributed by atoms with E-state index in [9.17, 15) is 14.9 Å². The van der Waals surface area contributed by atoms with Gasteiger partial charge in [-0.25, -0.2) is 4.79 Å². The number of benzene rings is 1. The SMILES string of the molecule is CCN1CCCCC(NC(=O)C(CC(C)C)OC(=O)NCc2ccccc2)C1C#N. The molecule has 7 nitrogen and oxygen atoms in total.